The SMILES string of the molecule is CC(C)n1cc(C(N)=O)c(=O)n(-c2cccc(F)c2)c1=O. The Kier molecular flexibility index (Phi) is 3.75. The van der Waals surface area contributed by atoms with Gasteiger partial charge in [0, 0.05) is 12.2 Å². The number of hydrogen-bond donors (Lipinski definition) is 1. The van der Waals surface area contributed by atoms with Gasteiger partial charge in [0.15, 0.2) is 0 Å². The fourth-order valence-corrected chi connectivity index (χ4v) is 1.95. The second-order valence-corrected chi connectivity index (χ2v) is 4.81. The zero-order chi connectivity index (χ0) is 15.7. The molecule has 0 radical (unpaired) electrons. The van der Waals surface area contributed by atoms with Gasteiger partial charge in [0.2, 0.25) is 0 Å². The summed E-state index contributed by atoms with van der Waals surface area (Å²) in [4.78, 5) is 36.0. The molecule has 0 aliphatic carbocycles. The minimum atomic E-state index is -0.945. The standard InChI is InChI=1S/C14H14FN3O3/c1-8(2)17-7-11(12(16)19)13(20)18(14(17)21)10-5-3-4-9(15)6-10/h3-8H,1-2H3,(H2,16,19). The molecule has 0 atom stereocenters. The minimum Gasteiger partial charge on any atom is -0.365 e. The average Bonchev–Trinajstić information content (AvgIpc) is 2.38. The molecule has 0 unspecified atom stereocenters. The van der Waals surface area contributed by atoms with Crippen LogP contribution >= 0.6 is 0 Å². The topological polar surface area (TPSA) is 87.1 Å². The van der Waals surface area contributed by atoms with Crippen LogP contribution < -0.4 is 17.0 Å². The average molecular weight is 291 g/mol. The molecule has 1 aromatic heterocycles. The zero-order valence-corrected chi connectivity index (χ0v) is 11.5. The molecule has 0 spiro atoms. The smallest absolute Gasteiger partial charge is 0.335 e. The van der Waals surface area contributed by atoms with Crippen molar-refractivity contribution >= 4 is 5.91 Å². The molecule has 0 aliphatic heterocycles. The maximum absolute atomic E-state index is 13.3. The normalized spacial score (nSPS) is 10.9. The van der Waals surface area contributed by atoms with E-state index in [0.29, 0.717) is 0 Å². The summed E-state index contributed by atoms with van der Waals surface area (Å²) in [5, 5.41) is 0. The molecule has 1 heterocycles. The Morgan fingerprint density at radius 3 is 2.48 bits per heavy atom. The van der Waals surface area contributed by atoms with Gasteiger partial charge >= 0.3 is 5.69 Å². The van der Waals surface area contributed by atoms with Crippen LogP contribution in [0.2, 0.25) is 0 Å². The fraction of sp³-hybridized carbons (Fsp3) is 0.214. The van der Waals surface area contributed by atoms with E-state index < -0.39 is 23.0 Å². The van der Waals surface area contributed by atoms with Gasteiger partial charge in [0.05, 0.1) is 5.69 Å². The molecule has 2 aromatic rings. The molecule has 2 N–H and O–H groups in total. The van der Waals surface area contributed by atoms with Crippen LogP contribution in [0.15, 0.2) is 40.1 Å². The second-order valence-electron chi connectivity index (χ2n) is 4.81. The first-order valence-electron chi connectivity index (χ1n) is 6.27. The Morgan fingerprint density at radius 2 is 1.95 bits per heavy atom. The quantitative estimate of drug-likeness (QED) is 0.908. The van der Waals surface area contributed by atoms with E-state index in [9.17, 15) is 18.8 Å². The van der Waals surface area contributed by atoms with Crippen molar-refractivity contribution in [2.75, 3.05) is 0 Å². The summed E-state index contributed by atoms with van der Waals surface area (Å²) in [6.45, 7) is 3.43. The van der Waals surface area contributed by atoms with Crippen molar-refractivity contribution in [2.24, 2.45) is 5.73 Å². The highest BCUT2D eigenvalue weighted by atomic mass is 19.1. The van der Waals surface area contributed by atoms with Crippen molar-refractivity contribution < 1.29 is 9.18 Å². The molecule has 110 valence electrons. The first kappa shape index (κ1) is 14.7. The largest absolute Gasteiger partial charge is 0.365 e. The van der Waals surface area contributed by atoms with E-state index in [1.165, 1.54) is 22.8 Å². The number of amides is 1. The first-order valence-corrected chi connectivity index (χ1v) is 6.27. The van der Waals surface area contributed by atoms with Gasteiger partial charge in [-0.2, -0.15) is 0 Å². The predicted molar refractivity (Wildman–Crippen MR) is 75.2 cm³/mol. The van der Waals surface area contributed by atoms with E-state index in [1.807, 2.05) is 0 Å². The van der Waals surface area contributed by atoms with E-state index in [2.05, 4.69) is 0 Å². The van der Waals surface area contributed by atoms with Gasteiger partial charge in [-0.25, -0.2) is 13.8 Å². The van der Waals surface area contributed by atoms with Crippen LogP contribution in [0.1, 0.15) is 30.2 Å². The lowest BCUT2D eigenvalue weighted by Crippen LogP contribution is -2.42. The van der Waals surface area contributed by atoms with Gasteiger partial charge in [-0.15, -0.1) is 0 Å². The minimum absolute atomic E-state index is 0.0440. The van der Waals surface area contributed by atoms with Crippen molar-refractivity contribution in [3.05, 3.63) is 62.7 Å². The molecule has 0 fully saturated rings. The van der Waals surface area contributed by atoms with Crippen molar-refractivity contribution in [3.8, 4) is 5.69 Å². The number of benzene rings is 1. The summed E-state index contributed by atoms with van der Waals surface area (Å²) in [5.74, 6) is -1.54. The third-order valence-corrected chi connectivity index (χ3v) is 3.00. The third kappa shape index (κ3) is 2.62. The molecule has 1 amide bonds. The molecular weight excluding hydrogens is 277 g/mol. The Labute approximate surface area is 119 Å². The number of nitrogens with zero attached hydrogens (tertiary/aromatic N) is 2. The molecular formula is C14H14FN3O3. The van der Waals surface area contributed by atoms with Crippen LogP contribution in [0.4, 0.5) is 4.39 Å². The number of nitrogens with two attached hydrogens (primary N) is 1. The first-order chi connectivity index (χ1) is 9.82. The summed E-state index contributed by atoms with van der Waals surface area (Å²) in [6.07, 6.45) is 1.13. The highest BCUT2D eigenvalue weighted by molar-refractivity contribution is 5.92. The molecule has 0 bridgehead atoms. The van der Waals surface area contributed by atoms with Crippen molar-refractivity contribution in [1.29, 1.82) is 0 Å². The van der Waals surface area contributed by atoms with E-state index in [-0.39, 0.29) is 17.3 Å². The Morgan fingerprint density at radius 1 is 1.29 bits per heavy atom. The Balaban J connectivity index is 2.91. The summed E-state index contributed by atoms with van der Waals surface area (Å²) in [6, 6.07) is 4.70. The maximum atomic E-state index is 13.3. The van der Waals surface area contributed by atoms with Gasteiger partial charge < -0.3 is 5.73 Å². The molecule has 0 aliphatic rings. The number of carbonyl (C=O) groups is 1. The van der Waals surface area contributed by atoms with Gasteiger partial charge in [0.1, 0.15) is 11.4 Å². The Bertz CT molecular complexity index is 821. The number of primary amides is 1. The molecule has 0 saturated heterocycles. The van der Waals surface area contributed by atoms with Crippen molar-refractivity contribution in [1.82, 2.24) is 9.13 Å². The van der Waals surface area contributed by atoms with Gasteiger partial charge in [-0.05, 0) is 32.0 Å². The van der Waals surface area contributed by atoms with E-state index in [0.717, 1.165) is 16.8 Å². The maximum Gasteiger partial charge on any atom is 0.335 e. The summed E-state index contributed by atoms with van der Waals surface area (Å²) >= 11 is 0. The monoisotopic (exact) mass is 291 g/mol. The molecule has 7 heteroatoms. The number of halogens is 1. The van der Waals surface area contributed by atoms with Crippen LogP contribution in [0.5, 0.6) is 0 Å². The van der Waals surface area contributed by atoms with E-state index in [4.69, 9.17) is 5.73 Å². The number of carbonyl (C=O) groups excluding carboxylic acids is 1. The molecule has 21 heavy (non-hydrogen) atoms. The fourth-order valence-electron chi connectivity index (χ4n) is 1.95. The summed E-state index contributed by atoms with van der Waals surface area (Å²) in [7, 11) is 0. The molecule has 0 saturated carbocycles. The van der Waals surface area contributed by atoms with Crippen LogP contribution in [0.3, 0.4) is 0 Å². The lowest BCUT2D eigenvalue weighted by Gasteiger charge is -2.14. The van der Waals surface area contributed by atoms with Crippen LogP contribution in [-0.4, -0.2) is 15.0 Å². The zero-order valence-electron chi connectivity index (χ0n) is 11.5. The second kappa shape index (κ2) is 5.35. The van der Waals surface area contributed by atoms with Gasteiger partial charge in [0.25, 0.3) is 11.5 Å². The Hall–Kier alpha value is -2.70. The van der Waals surface area contributed by atoms with Crippen LogP contribution in [0, 0.1) is 5.82 Å². The highest BCUT2D eigenvalue weighted by Gasteiger charge is 2.17. The summed E-state index contributed by atoms with van der Waals surface area (Å²) < 4.78 is 15.3. The molecule has 1 aromatic carbocycles. The number of rotatable bonds is 3. The lowest BCUT2D eigenvalue weighted by molar-refractivity contribution is 0.0997. The van der Waals surface area contributed by atoms with Gasteiger partial charge in [-0.3, -0.25) is 14.2 Å². The molecule has 2 rings (SSSR count). The third-order valence-electron chi connectivity index (χ3n) is 3.00. The predicted octanol–water partition coefficient (Wildman–Crippen LogP) is 0.818. The van der Waals surface area contributed by atoms with Crippen LogP contribution in [-0.2, 0) is 0 Å². The number of hydrogen-bond acceptors (Lipinski definition) is 3. The van der Waals surface area contributed by atoms with Crippen molar-refractivity contribution in [2.45, 2.75) is 19.9 Å². The number of aromatic nitrogens is 2. The summed E-state index contributed by atoms with van der Waals surface area (Å²) in [5.41, 5.74) is 3.36. The van der Waals surface area contributed by atoms with E-state index in [1.54, 1.807) is 13.8 Å². The molecule has 6 nitrogen and oxygen atoms in total. The van der Waals surface area contributed by atoms with Gasteiger partial charge in [-0.1, -0.05) is 6.07 Å². The van der Waals surface area contributed by atoms with Crippen LogP contribution in [0.25, 0.3) is 5.69 Å². The van der Waals surface area contributed by atoms with E-state index >= 15 is 0 Å². The highest BCUT2D eigenvalue weighted by Crippen LogP contribution is 2.07. The van der Waals surface area contributed by atoms with Crippen molar-refractivity contribution in [3.63, 3.8) is 0 Å². The lowest BCUT2D eigenvalue weighted by atomic mass is 10.2.